The molecule has 0 atom stereocenters. The van der Waals surface area contributed by atoms with Crippen molar-refractivity contribution in [1.29, 1.82) is 0 Å². The van der Waals surface area contributed by atoms with E-state index in [9.17, 15) is 4.79 Å². The van der Waals surface area contributed by atoms with E-state index >= 15 is 0 Å². The number of aromatic amines is 1. The number of H-pyrrole nitrogens is 1. The predicted octanol–water partition coefficient (Wildman–Crippen LogP) is 3.62. The first-order valence-electron chi connectivity index (χ1n) is 8.19. The van der Waals surface area contributed by atoms with E-state index < -0.39 is 5.60 Å². The van der Waals surface area contributed by atoms with Gasteiger partial charge in [-0.05, 0) is 39.8 Å². The van der Waals surface area contributed by atoms with E-state index in [4.69, 9.17) is 4.74 Å². The molecule has 0 saturated heterocycles. The third-order valence-electron chi connectivity index (χ3n) is 4.37. The molecule has 7 heteroatoms. The molecule has 1 aliphatic rings. The second-order valence-electron chi connectivity index (χ2n) is 6.90. The van der Waals surface area contributed by atoms with Crippen LogP contribution >= 0.6 is 0 Å². The van der Waals surface area contributed by atoms with Crippen molar-refractivity contribution in [3.8, 4) is 11.5 Å². The van der Waals surface area contributed by atoms with Crippen molar-refractivity contribution in [1.82, 2.24) is 19.9 Å². The van der Waals surface area contributed by atoms with Crippen LogP contribution in [-0.2, 0) is 10.3 Å². The van der Waals surface area contributed by atoms with Crippen molar-refractivity contribution in [3.63, 3.8) is 0 Å². The summed E-state index contributed by atoms with van der Waals surface area (Å²) in [5.41, 5.74) is 3.39. The van der Waals surface area contributed by atoms with Gasteiger partial charge < -0.3 is 9.72 Å². The molecule has 4 rings (SSSR count). The van der Waals surface area contributed by atoms with Crippen LogP contribution in [0.3, 0.4) is 0 Å². The zero-order valence-corrected chi connectivity index (χ0v) is 14.6. The summed E-state index contributed by atoms with van der Waals surface area (Å²) in [6, 6.07) is 3.92. The molecule has 1 amide bonds. The van der Waals surface area contributed by atoms with Crippen LogP contribution in [0.1, 0.15) is 33.3 Å². The lowest BCUT2D eigenvalue weighted by Crippen LogP contribution is -2.46. The Morgan fingerprint density at radius 1 is 1.24 bits per heavy atom. The van der Waals surface area contributed by atoms with Crippen molar-refractivity contribution in [2.45, 2.75) is 39.3 Å². The summed E-state index contributed by atoms with van der Waals surface area (Å²) in [5, 5.41) is 0. The monoisotopic (exact) mass is 337 g/mol. The van der Waals surface area contributed by atoms with Crippen molar-refractivity contribution in [2.24, 2.45) is 0 Å². The lowest BCUT2D eigenvalue weighted by atomic mass is 9.93. The average molecular weight is 337 g/mol. The molecular formula is C18H19N5O2. The molecule has 0 fully saturated rings. The third kappa shape index (κ3) is 2.43. The van der Waals surface area contributed by atoms with Crippen LogP contribution in [-0.4, -0.2) is 32.1 Å². The highest BCUT2D eigenvalue weighted by molar-refractivity contribution is 5.96. The summed E-state index contributed by atoms with van der Waals surface area (Å²) in [6.45, 7) is 7.71. The average Bonchev–Trinajstić information content (AvgIpc) is 2.96. The minimum Gasteiger partial charge on any atom is -0.438 e. The topological polar surface area (TPSA) is 84.0 Å². The Labute approximate surface area is 145 Å². The van der Waals surface area contributed by atoms with Gasteiger partial charge in [0.1, 0.15) is 11.3 Å². The van der Waals surface area contributed by atoms with Crippen LogP contribution in [0.4, 0.5) is 10.5 Å². The highest BCUT2D eigenvalue weighted by atomic mass is 16.6. The van der Waals surface area contributed by atoms with Gasteiger partial charge in [-0.15, -0.1) is 0 Å². The second-order valence-corrected chi connectivity index (χ2v) is 6.90. The molecule has 3 aromatic rings. The van der Waals surface area contributed by atoms with Crippen molar-refractivity contribution in [2.75, 3.05) is 4.90 Å². The fraction of sp³-hybridized carbons (Fsp3) is 0.333. The Morgan fingerprint density at radius 3 is 2.72 bits per heavy atom. The molecule has 0 radical (unpaired) electrons. The number of fused-ring (bicyclic) bond motifs is 2. The van der Waals surface area contributed by atoms with Gasteiger partial charge in [-0.2, -0.15) is 0 Å². The van der Waals surface area contributed by atoms with Gasteiger partial charge in [0.2, 0.25) is 0 Å². The number of hydrogen-bond donors (Lipinski definition) is 1. The number of imidazole rings is 1. The summed E-state index contributed by atoms with van der Waals surface area (Å²) >= 11 is 0. The Balaban J connectivity index is 1.93. The summed E-state index contributed by atoms with van der Waals surface area (Å²) < 4.78 is 5.64. The third-order valence-corrected chi connectivity index (χ3v) is 4.37. The van der Waals surface area contributed by atoms with Gasteiger partial charge in [-0.1, -0.05) is 0 Å². The molecule has 2 aromatic heterocycles. The first kappa shape index (κ1) is 15.6. The number of carbonyl (C=O) groups excluding carboxylic acids is 1. The largest absolute Gasteiger partial charge is 0.438 e. The highest BCUT2D eigenvalue weighted by Crippen LogP contribution is 2.41. The number of nitrogens with one attached hydrogen (secondary N) is 1. The Kier molecular flexibility index (Phi) is 3.28. The number of hydrogen-bond acceptors (Lipinski definition) is 5. The minimum absolute atomic E-state index is 0.0156. The molecule has 0 unspecified atom stereocenters. The zero-order chi connectivity index (χ0) is 17.8. The van der Waals surface area contributed by atoms with Crippen molar-refractivity contribution >= 4 is 22.8 Å². The summed E-state index contributed by atoms with van der Waals surface area (Å²) in [6.07, 6.45) is 4.58. The Hall–Kier alpha value is -2.96. The van der Waals surface area contributed by atoms with Gasteiger partial charge in [-0.3, -0.25) is 9.88 Å². The number of ether oxygens (including phenoxy) is 1. The number of rotatable bonds is 2. The van der Waals surface area contributed by atoms with E-state index in [1.165, 1.54) is 0 Å². The Bertz CT molecular complexity index is 962. The lowest BCUT2D eigenvalue weighted by Gasteiger charge is -2.40. The maximum Gasteiger partial charge on any atom is 0.415 e. The van der Waals surface area contributed by atoms with Gasteiger partial charge in [0.15, 0.2) is 5.82 Å². The zero-order valence-electron chi connectivity index (χ0n) is 14.6. The molecular weight excluding hydrogens is 318 g/mol. The van der Waals surface area contributed by atoms with E-state index in [0.717, 1.165) is 22.3 Å². The molecule has 1 aliphatic heterocycles. The van der Waals surface area contributed by atoms with E-state index in [-0.39, 0.29) is 12.1 Å². The molecule has 0 spiro atoms. The molecule has 1 aromatic carbocycles. The van der Waals surface area contributed by atoms with Gasteiger partial charge in [-0.25, -0.2) is 14.8 Å². The van der Waals surface area contributed by atoms with Gasteiger partial charge >= 0.3 is 6.09 Å². The SMILES string of the molecule is CC(C)N1C(=O)OC(C)(C)c2cc3[nH]c(-c4cnccn4)nc3cc21. The summed E-state index contributed by atoms with van der Waals surface area (Å²) in [5.74, 6) is 0.645. The van der Waals surface area contributed by atoms with Crippen LogP contribution in [0.25, 0.3) is 22.6 Å². The van der Waals surface area contributed by atoms with Gasteiger partial charge in [0.05, 0.1) is 22.9 Å². The van der Waals surface area contributed by atoms with Crippen molar-refractivity contribution < 1.29 is 9.53 Å². The van der Waals surface area contributed by atoms with Crippen LogP contribution < -0.4 is 4.90 Å². The molecule has 128 valence electrons. The normalized spacial score (nSPS) is 16.2. The van der Waals surface area contributed by atoms with Gasteiger partial charge in [0.25, 0.3) is 0 Å². The first-order valence-corrected chi connectivity index (χ1v) is 8.19. The summed E-state index contributed by atoms with van der Waals surface area (Å²) in [7, 11) is 0. The van der Waals surface area contributed by atoms with Crippen LogP contribution in [0.5, 0.6) is 0 Å². The standard InChI is InChI=1S/C18H19N5O2/c1-10(2)23-15-8-13-12(7-11(15)18(3,4)25-17(23)24)21-16(22-13)14-9-19-5-6-20-14/h5-10H,1-4H3,(H,21,22). The highest BCUT2D eigenvalue weighted by Gasteiger charge is 2.39. The maximum absolute atomic E-state index is 12.4. The fourth-order valence-corrected chi connectivity index (χ4v) is 3.18. The molecule has 25 heavy (non-hydrogen) atoms. The lowest BCUT2D eigenvalue weighted by molar-refractivity contribution is 0.0340. The second kappa shape index (κ2) is 5.27. The van der Waals surface area contributed by atoms with E-state index in [1.54, 1.807) is 23.5 Å². The first-order chi connectivity index (χ1) is 11.9. The molecule has 7 nitrogen and oxygen atoms in total. The predicted molar refractivity (Wildman–Crippen MR) is 94.2 cm³/mol. The molecule has 1 N–H and O–H groups in total. The number of cyclic esters (lactones) is 1. The van der Waals surface area contributed by atoms with Crippen LogP contribution in [0, 0.1) is 0 Å². The Morgan fingerprint density at radius 2 is 2.04 bits per heavy atom. The molecule has 0 bridgehead atoms. The number of amides is 1. The number of nitrogens with zero attached hydrogens (tertiary/aromatic N) is 4. The molecule has 3 heterocycles. The van der Waals surface area contributed by atoms with Crippen molar-refractivity contribution in [3.05, 3.63) is 36.3 Å². The smallest absolute Gasteiger partial charge is 0.415 e. The maximum atomic E-state index is 12.4. The molecule has 0 saturated carbocycles. The van der Waals surface area contributed by atoms with E-state index in [2.05, 4.69) is 19.9 Å². The molecule has 0 aliphatic carbocycles. The van der Waals surface area contributed by atoms with Crippen LogP contribution in [0.2, 0.25) is 0 Å². The number of aromatic nitrogens is 4. The fourth-order valence-electron chi connectivity index (χ4n) is 3.18. The number of carbonyl (C=O) groups is 1. The minimum atomic E-state index is -0.705. The quantitative estimate of drug-likeness (QED) is 0.772. The van der Waals surface area contributed by atoms with E-state index in [1.807, 2.05) is 39.8 Å². The number of benzene rings is 1. The number of anilines is 1. The van der Waals surface area contributed by atoms with Crippen LogP contribution in [0.15, 0.2) is 30.7 Å². The van der Waals surface area contributed by atoms with E-state index in [0.29, 0.717) is 11.5 Å². The summed E-state index contributed by atoms with van der Waals surface area (Å²) in [4.78, 5) is 30.4. The van der Waals surface area contributed by atoms with Gasteiger partial charge in [0, 0.05) is 24.0 Å².